The Kier molecular flexibility index (Phi) is 3.05. The summed E-state index contributed by atoms with van der Waals surface area (Å²) in [5, 5.41) is 7.72. The van der Waals surface area contributed by atoms with Crippen LogP contribution in [-0.4, -0.2) is 33.0 Å². The van der Waals surface area contributed by atoms with Crippen LogP contribution in [0.2, 0.25) is 0 Å². The van der Waals surface area contributed by atoms with Gasteiger partial charge in [0, 0.05) is 13.2 Å². The summed E-state index contributed by atoms with van der Waals surface area (Å²) in [5.74, 6) is 0.00319. The highest BCUT2D eigenvalue weighted by molar-refractivity contribution is 6.00. The van der Waals surface area contributed by atoms with E-state index in [1.807, 2.05) is 13.8 Å². The summed E-state index contributed by atoms with van der Waals surface area (Å²) in [4.78, 5) is 12.3. The van der Waals surface area contributed by atoms with Crippen LogP contribution >= 0.6 is 0 Å². The lowest BCUT2D eigenvalue weighted by Crippen LogP contribution is -2.35. The molecule has 1 saturated heterocycles. The third kappa shape index (κ3) is 1.87. The number of rotatable bonds is 4. The fraction of sp³-hybridized carbons (Fsp3) is 0.727. The number of aryl methyl sites for hydroxylation is 1. The van der Waals surface area contributed by atoms with E-state index >= 15 is 0 Å². The Morgan fingerprint density at radius 3 is 3.12 bits per heavy atom. The summed E-state index contributed by atoms with van der Waals surface area (Å²) in [6.45, 7) is 5.28. The van der Waals surface area contributed by atoms with Crippen LogP contribution in [0.15, 0.2) is 6.20 Å². The molecule has 1 unspecified atom stereocenters. The Morgan fingerprint density at radius 1 is 1.69 bits per heavy atom. The van der Waals surface area contributed by atoms with Crippen molar-refractivity contribution in [2.45, 2.75) is 45.3 Å². The van der Waals surface area contributed by atoms with Crippen molar-refractivity contribution in [3.8, 4) is 0 Å². The summed E-state index contributed by atoms with van der Waals surface area (Å²) in [6.07, 6.45) is 4.19. The van der Waals surface area contributed by atoms with E-state index in [9.17, 15) is 4.79 Å². The fourth-order valence-corrected chi connectivity index (χ4v) is 2.04. The topological polar surface area (TPSA) is 57.0 Å². The normalized spacial score (nSPS) is 24.9. The standard InChI is InChI=1S/C11H17N3O2/c1-3-6-14-9(8-12-13-14)10(15)11(2)5-4-7-16-11/h8H,3-7H2,1-2H3. The average Bonchev–Trinajstić information content (AvgIpc) is 2.88. The molecule has 0 radical (unpaired) electrons. The summed E-state index contributed by atoms with van der Waals surface area (Å²) in [5.41, 5.74) is -0.112. The lowest BCUT2D eigenvalue weighted by atomic mass is 9.95. The quantitative estimate of drug-likeness (QED) is 0.725. The zero-order valence-corrected chi connectivity index (χ0v) is 9.77. The molecule has 0 saturated carbocycles. The van der Waals surface area contributed by atoms with Gasteiger partial charge in [0.15, 0.2) is 0 Å². The first-order chi connectivity index (χ1) is 7.67. The number of nitrogens with zero attached hydrogens (tertiary/aromatic N) is 3. The van der Waals surface area contributed by atoms with Gasteiger partial charge < -0.3 is 4.74 Å². The van der Waals surface area contributed by atoms with E-state index in [0.717, 1.165) is 25.8 Å². The average molecular weight is 223 g/mol. The maximum absolute atomic E-state index is 12.3. The smallest absolute Gasteiger partial charge is 0.213 e. The molecule has 1 aromatic heterocycles. The number of hydrogen-bond acceptors (Lipinski definition) is 4. The molecule has 1 fully saturated rings. The van der Waals surface area contributed by atoms with Gasteiger partial charge in [0.1, 0.15) is 11.3 Å². The van der Waals surface area contributed by atoms with Gasteiger partial charge in [-0.25, -0.2) is 4.68 Å². The van der Waals surface area contributed by atoms with Crippen molar-refractivity contribution in [3.63, 3.8) is 0 Å². The van der Waals surface area contributed by atoms with Gasteiger partial charge in [-0.15, -0.1) is 5.10 Å². The van der Waals surface area contributed by atoms with Crippen molar-refractivity contribution in [1.82, 2.24) is 15.0 Å². The highest BCUT2D eigenvalue weighted by Crippen LogP contribution is 2.28. The number of carbonyl (C=O) groups excluding carboxylic acids is 1. The van der Waals surface area contributed by atoms with Crippen molar-refractivity contribution in [3.05, 3.63) is 11.9 Å². The minimum absolute atomic E-state index is 0.00319. The molecular formula is C11H17N3O2. The lowest BCUT2D eigenvalue weighted by Gasteiger charge is -2.21. The van der Waals surface area contributed by atoms with Crippen molar-refractivity contribution < 1.29 is 9.53 Å². The van der Waals surface area contributed by atoms with Crippen LogP contribution in [0.25, 0.3) is 0 Å². The first kappa shape index (κ1) is 11.3. The first-order valence-corrected chi connectivity index (χ1v) is 5.74. The Morgan fingerprint density at radius 2 is 2.50 bits per heavy atom. The summed E-state index contributed by atoms with van der Waals surface area (Å²) in [7, 11) is 0. The number of ether oxygens (including phenoxy) is 1. The lowest BCUT2D eigenvalue weighted by molar-refractivity contribution is 0.0204. The van der Waals surface area contributed by atoms with Gasteiger partial charge in [0.2, 0.25) is 5.78 Å². The molecule has 1 aromatic rings. The van der Waals surface area contributed by atoms with Crippen molar-refractivity contribution in [1.29, 1.82) is 0 Å². The van der Waals surface area contributed by atoms with Crippen molar-refractivity contribution >= 4 is 5.78 Å². The second kappa shape index (κ2) is 4.33. The minimum atomic E-state index is -0.673. The van der Waals surface area contributed by atoms with Crippen molar-refractivity contribution in [2.75, 3.05) is 6.61 Å². The maximum Gasteiger partial charge on any atom is 0.213 e. The van der Waals surface area contributed by atoms with Crippen LogP contribution in [0.3, 0.4) is 0 Å². The van der Waals surface area contributed by atoms with Crippen LogP contribution < -0.4 is 0 Å². The van der Waals surface area contributed by atoms with Crippen LogP contribution in [0.1, 0.15) is 43.6 Å². The molecular weight excluding hydrogens is 206 g/mol. The number of ketones is 1. The SMILES string of the molecule is CCCn1nncc1C(=O)C1(C)CCCO1. The molecule has 5 heteroatoms. The molecule has 0 N–H and O–H groups in total. The summed E-state index contributed by atoms with van der Waals surface area (Å²) in [6, 6.07) is 0. The number of Topliss-reactive ketones (excluding diaryl/α,β-unsaturated/α-hetero) is 1. The van der Waals surface area contributed by atoms with E-state index in [4.69, 9.17) is 4.74 Å². The van der Waals surface area contributed by atoms with E-state index in [1.165, 1.54) is 6.20 Å². The Hall–Kier alpha value is -1.23. The number of aromatic nitrogens is 3. The van der Waals surface area contributed by atoms with Gasteiger partial charge in [-0.2, -0.15) is 0 Å². The van der Waals surface area contributed by atoms with Crippen LogP contribution in [0.5, 0.6) is 0 Å². The van der Waals surface area contributed by atoms with E-state index in [1.54, 1.807) is 4.68 Å². The molecule has 1 aliphatic rings. The van der Waals surface area contributed by atoms with Gasteiger partial charge in [0.25, 0.3) is 0 Å². The van der Waals surface area contributed by atoms with Gasteiger partial charge in [-0.1, -0.05) is 12.1 Å². The van der Waals surface area contributed by atoms with Crippen molar-refractivity contribution in [2.24, 2.45) is 0 Å². The number of carbonyl (C=O) groups is 1. The predicted octanol–water partition coefficient (Wildman–Crippen LogP) is 1.44. The molecule has 0 amide bonds. The number of hydrogen-bond donors (Lipinski definition) is 0. The molecule has 0 aromatic carbocycles. The van der Waals surface area contributed by atoms with E-state index in [0.29, 0.717) is 12.3 Å². The first-order valence-electron chi connectivity index (χ1n) is 5.74. The zero-order valence-electron chi connectivity index (χ0n) is 9.77. The molecule has 1 atom stereocenters. The van der Waals surface area contributed by atoms with Gasteiger partial charge in [-0.05, 0) is 26.2 Å². The van der Waals surface area contributed by atoms with E-state index < -0.39 is 5.60 Å². The van der Waals surface area contributed by atoms with E-state index in [-0.39, 0.29) is 5.78 Å². The summed E-state index contributed by atoms with van der Waals surface area (Å²) < 4.78 is 7.20. The molecule has 0 spiro atoms. The predicted molar refractivity (Wildman–Crippen MR) is 58.2 cm³/mol. The molecule has 0 aliphatic carbocycles. The zero-order chi connectivity index (χ0) is 11.6. The fourth-order valence-electron chi connectivity index (χ4n) is 2.04. The van der Waals surface area contributed by atoms with Crippen LogP contribution in [0.4, 0.5) is 0 Å². The molecule has 2 heterocycles. The largest absolute Gasteiger partial charge is 0.367 e. The second-order valence-corrected chi connectivity index (χ2v) is 4.35. The molecule has 0 bridgehead atoms. The summed E-state index contributed by atoms with van der Waals surface area (Å²) >= 11 is 0. The Bertz CT molecular complexity index is 380. The molecule has 1 aliphatic heterocycles. The molecule has 5 nitrogen and oxygen atoms in total. The minimum Gasteiger partial charge on any atom is -0.367 e. The molecule has 88 valence electrons. The molecule has 16 heavy (non-hydrogen) atoms. The highest BCUT2D eigenvalue weighted by Gasteiger charge is 2.39. The van der Waals surface area contributed by atoms with Gasteiger partial charge >= 0.3 is 0 Å². The monoisotopic (exact) mass is 223 g/mol. The Balaban J connectivity index is 2.23. The van der Waals surface area contributed by atoms with Gasteiger partial charge in [-0.3, -0.25) is 4.79 Å². The van der Waals surface area contributed by atoms with E-state index in [2.05, 4.69) is 10.3 Å². The van der Waals surface area contributed by atoms with Crippen LogP contribution in [0, 0.1) is 0 Å². The van der Waals surface area contributed by atoms with Crippen LogP contribution in [-0.2, 0) is 11.3 Å². The second-order valence-electron chi connectivity index (χ2n) is 4.35. The Labute approximate surface area is 94.8 Å². The molecule has 2 rings (SSSR count). The maximum atomic E-state index is 12.3. The third-order valence-electron chi connectivity index (χ3n) is 2.98. The van der Waals surface area contributed by atoms with Gasteiger partial charge in [0.05, 0.1) is 6.20 Å². The third-order valence-corrected chi connectivity index (χ3v) is 2.98. The highest BCUT2D eigenvalue weighted by atomic mass is 16.5.